The molecule has 2 aromatic carbocycles. The van der Waals surface area contributed by atoms with Gasteiger partial charge in [0.25, 0.3) is 5.91 Å². The summed E-state index contributed by atoms with van der Waals surface area (Å²) in [5, 5.41) is 12.0. The second kappa shape index (κ2) is 8.56. The third-order valence-electron chi connectivity index (χ3n) is 3.92. The summed E-state index contributed by atoms with van der Waals surface area (Å²) in [6.07, 6.45) is 0. The van der Waals surface area contributed by atoms with Gasteiger partial charge in [-0.15, -0.1) is 0 Å². The first-order chi connectivity index (χ1) is 13.0. The molecule has 3 aromatic rings. The van der Waals surface area contributed by atoms with E-state index in [2.05, 4.69) is 19.2 Å². The molecule has 0 saturated heterocycles. The molecule has 5 nitrogen and oxygen atoms in total. The van der Waals surface area contributed by atoms with Crippen LogP contribution in [0.5, 0.6) is 5.75 Å². The molecule has 0 aliphatic rings. The Bertz CT molecular complexity index is 897. The Morgan fingerprint density at radius 2 is 1.89 bits per heavy atom. The van der Waals surface area contributed by atoms with E-state index in [0.717, 1.165) is 11.3 Å². The SMILES string of the molecule is CC(C)COc1ccc(C(=O)Nc2cccc(-c3ccc(CO)o3)c2)cc1. The fraction of sp³-hybridized carbons (Fsp3) is 0.227. The quantitative estimate of drug-likeness (QED) is 0.635. The summed E-state index contributed by atoms with van der Waals surface area (Å²) in [4.78, 5) is 12.5. The number of carbonyl (C=O) groups is 1. The lowest BCUT2D eigenvalue weighted by Crippen LogP contribution is -2.12. The lowest BCUT2D eigenvalue weighted by Gasteiger charge is -2.10. The molecule has 0 fully saturated rings. The predicted octanol–water partition coefficient (Wildman–Crippen LogP) is 4.73. The van der Waals surface area contributed by atoms with Crippen molar-refractivity contribution in [2.45, 2.75) is 20.5 Å². The highest BCUT2D eigenvalue weighted by atomic mass is 16.5. The number of anilines is 1. The maximum Gasteiger partial charge on any atom is 0.255 e. The number of carbonyl (C=O) groups excluding carboxylic acids is 1. The molecule has 0 unspecified atom stereocenters. The van der Waals surface area contributed by atoms with Gasteiger partial charge in [-0.25, -0.2) is 0 Å². The maximum atomic E-state index is 12.5. The van der Waals surface area contributed by atoms with Gasteiger partial charge in [-0.3, -0.25) is 4.79 Å². The largest absolute Gasteiger partial charge is 0.493 e. The van der Waals surface area contributed by atoms with E-state index >= 15 is 0 Å². The third-order valence-corrected chi connectivity index (χ3v) is 3.92. The molecule has 1 amide bonds. The zero-order chi connectivity index (χ0) is 19.2. The molecule has 5 heteroatoms. The Morgan fingerprint density at radius 1 is 1.11 bits per heavy atom. The number of aliphatic hydroxyl groups is 1. The van der Waals surface area contributed by atoms with Crippen molar-refractivity contribution >= 4 is 11.6 Å². The van der Waals surface area contributed by atoms with Crippen molar-refractivity contribution in [2.75, 3.05) is 11.9 Å². The molecule has 0 aliphatic carbocycles. The monoisotopic (exact) mass is 365 g/mol. The maximum absolute atomic E-state index is 12.5. The second-order valence-corrected chi connectivity index (χ2v) is 6.69. The summed E-state index contributed by atoms with van der Waals surface area (Å²) >= 11 is 0. The molecule has 0 aliphatic heterocycles. The number of amides is 1. The molecule has 0 bridgehead atoms. The lowest BCUT2D eigenvalue weighted by molar-refractivity contribution is 0.102. The third kappa shape index (κ3) is 4.99. The normalized spacial score (nSPS) is 10.8. The summed E-state index contributed by atoms with van der Waals surface area (Å²) < 4.78 is 11.2. The van der Waals surface area contributed by atoms with Gasteiger partial charge in [0.2, 0.25) is 0 Å². The summed E-state index contributed by atoms with van der Waals surface area (Å²) in [7, 11) is 0. The minimum atomic E-state index is -0.196. The zero-order valence-corrected chi connectivity index (χ0v) is 15.4. The number of furan rings is 1. The van der Waals surface area contributed by atoms with E-state index in [0.29, 0.717) is 35.3 Å². The van der Waals surface area contributed by atoms with Gasteiger partial charge in [-0.2, -0.15) is 0 Å². The highest BCUT2D eigenvalue weighted by Crippen LogP contribution is 2.25. The van der Waals surface area contributed by atoms with E-state index in [1.54, 1.807) is 36.4 Å². The van der Waals surface area contributed by atoms with Gasteiger partial charge in [0.1, 0.15) is 23.9 Å². The van der Waals surface area contributed by atoms with Crippen LogP contribution in [0.4, 0.5) is 5.69 Å². The topological polar surface area (TPSA) is 71.7 Å². The van der Waals surface area contributed by atoms with Crippen LogP contribution in [-0.4, -0.2) is 17.6 Å². The molecular weight excluding hydrogens is 342 g/mol. The standard InChI is InChI=1S/C22H23NO4/c1-15(2)14-26-19-8-6-16(7-9-19)22(25)23-18-5-3-4-17(12-18)21-11-10-20(13-24)27-21/h3-12,15,24H,13-14H2,1-2H3,(H,23,25). The van der Waals surface area contributed by atoms with Crippen LogP contribution in [0.2, 0.25) is 0 Å². The fourth-order valence-corrected chi connectivity index (χ4v) is 2.54. The molecule has 27 heavy (non-hydrogen) atoms. The Morgan fingerprint density at radius 3 is 2.56 bits per heavy atom. The average Bonchev–Trinajstić information content (AvgIpc) is 3.16. The summed E-state index contributed by atoms with van der Waals surface area (Å²) in [6, 6.07) is 18.0. The van der Waals surface area contributed by atoms with Gasteiger partial charge in [0.05, 0.1) is 6.61 Å². The lowest BCUT2D eigenvalue weighted by atomic mass is 10.1. The highest BCUT2D eigenvalue weighted by molar-refractivity contribution is 6.04. The van der Waals surface area contributed by atoms with E-state index < -0.39 is 0 Å². The van der Waals surface area contributed by atoms with Gasteiger partial charge in [-0.1, -0.05) is 26.0 Å². The number of hydrogen-bond donors (Lipinski definition) is 2. The van der Waals surface area contributed by atoms with Crippen LogP contribution < -0.4 is 10.1 Å². The zero-order valence-electron chi connectivity index (χ0n) is 15.4. The Hall–Kier alpha value is -3.05. The summed E-state index contributed by atoms with van der Waals surface area (Å²) in [6.45, 7) is 4.67. The predicted molar refractivity (Wildman–Crippen MR) is 105 cm³/mol. The second-order valence-electron chi connectivity index (χ2n) is 6.69. The van der Waals surface area contributed by atoms with Crippen molar-refractivity contribution in [3.05, 3.63) is 72.0 Å². The first-order valence-corrected chi connectivity index (χ1v) is 8.89. The molecule has 1 heterocycles. The van der Waals surface area contributed by atoms with E-state index in [9.17, 15) is 4.79 Å². The molecule has 0 spiro atoms. The molecule has 2 N–H and O–H groups in total. The fourth-order valence-electron chi connectivity index (χ4n) is 2.54. The molecule has 1 aromatic heterocycles. The van der Waals surface area contributed by atoms with Gasteiger partial charge < -0.3 is 19.6 Å². The van der Waals surface area contributed by atoms with E-state index in [-0.39, 0.29) is 12.5 Å². The highest BCUT2D eigenvalue weighted by Gasteiger charge is 2.09. The van der Waals surface area contributed by atoms with Crippen molar-refractivity contribution in [1.29, 1.82) is 0 Å². The molecule has 0 saturated carbocycles. The van der Waals surface area contributed by atoms with Crippen LogP contribution >= 0.6 is 0 Å². The Kier molecular flexibility index (Phi) is 5.94. The van der Waals surface area contributed by atoms with Crippen molar-refractivity contribution < 1.29 is 19.1 Å². The first kappa shape index (κ1) is 18.7. The van der Waals surface area contributed by atoms with E-state index in [1.807, 2.05) is 24.3 Å². The smallest absolute Gasteiger partial charge is 0.255 e. The van der Waals surface area contributed by atoms with Crippen LogP contribution in [0.15, 0.2) is 65.1 Å². The minimum absolute atomic E-state index is 0.146. The van der Waals surface area contributed by atoms with Crippen LogP contribution in [-0.2, 0) is 6.61 Å². The van der Waals surface area contributed by atoms with Crippen molar-refractivity contribution in [3.8, 4) is 17.1 Å². The van der Waals surface area contributed by atoms with Gasteiger partial charge in [0, 0.05) is 16.8 Å². The number of nitrogens with one attached hydrogen (secondary N) is 1. The Balaban J connectivity index is 1.68. The summed E-state index contributed by atoms with van der Waals surface area (Å²) in [5.41, 5.74) is 2.04. The van der Waals surface area contributed by atoms with Crippen molar-refractivity contribution in [2.24, 2.45) is 5.92 Å². The van der Waals surface area contributed by atoms with Crippen molar-refractivity contribution in [3.63, 3.8) is 0 Å². The van der Waals surface area contributed by atoms with Gasteiger partial charge in [0.15, 0.2) is 0 Å². The average molecular weight is 365 g/mol. The molecule has 140 valence electrons. The molecule has 0 atom stereocenters. The number of benzene rings is 2. The van der Waals surface area contributed by atoms with Crippen LogP contribution in [0.25, 0.3) is 11.3 Å². The number of rotatable bonds is 7. The molecule has 0 radical (unpaired) electrons. The minimum Gasteiger partial charge on any atom is -0.493 e. The van der Waals surface area contributed by atoms with E-state index in [1.165, 1.54) is 0 Å². The number of ether oxygens (including phenoxy) is 1. The van der Waals surface area contributed by atoms with Crippen LogP contribution in [0, 0.1) is 5.92 Å². The number of aliphatic hydroxyl groups excluding tert-OH is 1. The Labute approximate surface area is 158 Å². The number of hydrogen-bond acceptors (Lipinski definition) is 4. The molecular formula is C22H23NO4. The first-order valence-electron chi connectivity index (χ1n) is 8.89. The summed E-state index contributed by atoms with van der Waals surface area (Å²) in [5.74, 6) is 2.14. The van der Waals surface area contributed by atoms with Crippen LogP contribution in [0.1, 0.15) is 30.0 Å². The van der Waals surface area contributed by atoms with Crippen LogP contribution in [0.3, 0.4) is 0 Å². The van der Waals surface area contributed by atoms with Gasteiger partial charge in [-0.05, 0) is 54.4 Å². The van der Waals surface area contributed by atoms with E-state index in [4.69, 9.17) is 14.3 Å². The van der Waals surface area contributed by atoms with Gasteiger partial charge >= 0.3 is 0 Å². The van der Waals surface area contributed by atoms with Crippen molar-refractivity contribution in [1.82, 2.24) is 0 Å². The molecule has 3 rings (SSSR count).